The number of nitrogens with one attached hydrogen (secondary N) is 1. The van der Waals surface area contributed by atoms with Gasteiger partial charge in [-0.05, 0) is 37.0 Å². The quantitative estimate of drug-likeness (QED) is 0.890. The second-order valence-electron chi connectivity index (χ2n) is 6.55. The fourth-order valence-corrected chi connectivity index (χ4v) is 3.38. The van der Waals surface area contributed by atoms with Crippen LogP contribution < -0.4 is 5.32 Å². The molecule has 2 amide bonds. The van der Waals surface area contributed by atoms with Crippen molar-refractivity contribution in [3.05, 3.63) is 35.4 Å². The topological polar surface area (TPSA) is 69.6 Å². The molecule has 0 spiro atoms. The lowest BCUT2D eigenvalue weighted by Gasteiger charge is -2.28. The van der Waals surface area contributed by atoms with E-state index in [1.165, 1.54) is 0 Å². The fraction of sp³-hybridized carbons (Fsp3) is 0.556. The molecule has 0 bridgehead atoms. The molecule has 1 aliphatic heterocycles. The number of amides is 2. The summed E-state index contributed by atoms with van der Waals surface area (Å²) in [6.07, 6.45) is 4.80. The van der Waals surface area contributed by atoms with Gasteiger partial charge >= 0.3 is 0 Å². The minimum atomic E-state index is -0.437. The molecule has 1 saturated carbocycles. The average molecular weight is 316 g/mol. The van der Waals surface area contributed by atoms with Gasteiger partial charge in [-0.15, -0.1) is 0 Å². The first-order chi connectivity index (χ1) is 11.1. The van der Waals surface area contributed by atoms with Gasteiger partial charge in [-0.1, -0.05) is 25.0 Å². The highest BCUT2D eigenvalue weighted by molar-refractivity contribution is 5.94. The van der Waals surface area contributed by atoms with E-state index in [9.17, 15) is 14.7 Å². The van der Waals surface area contributed by atoms with Crippen LogP contribution in [0.1, 0.15) is 54.4 Å². The lowest BCUT2D eigenvalue weighted by molar-refractivity contribution is -0.128. The van der Waals surface area contributed by atoms with Gasteiger partial charge in [0.15, 0.2) is 0 Å². The average Bonchev–Trinajstić information content (AvgIpc) is 2.95. The lowest BCUT2D eigenvalue weighted by atomic mass is 9.92. The van der Waals surface area contributed by atoms with Crippen molar-refractivity contribution in [3.63, 3.8) is 0 Å². The van der Waals surface area contributed by atoms with Gasteiger partial charge in [0.05, 0.1) is 12.1 Å². The van der Waals surface area contributed by atoms with Gasteiger partial charge in [0.25, 0.3) is 5.91 Å². The van der Waals surface area contributed by atoms with Crippen molar-refractivity contribution in [1.82, 2.24) is 10.2 Å². The van der Waals surface area contributed by atoms with Gasteiger partial charge in [0.2, 0.25) is 5.91 Å². The highest BCUT2D eigenvalue weighted by Crippen LogP contribution is 2.19. The Morgan fingerprint density at radius 3 is 2.57 bits per heavy atom. The summed E-state index contributed by atoms with van der Waals surface area (Å²) in [7, 11) is 0. The highest BCUT2D eigenvalue weighted by atomic mass is 16.3. The Bertz CT molecular complexity index is 570. The number of carbonyl (C=O) groups is 2. The van der Waals surface area contributed by atoms with Crippen molar-refractivity contribution < 1.29 is 14.7 Å². The molecule has 2 aliphatic rings. The van der Waals surface area contributed by atoms with E-state index in [4.69, 9.17) is 0 Å². The fourth-order valence-electron chi connectivity index (χ4n) is 3.38. The maximum atomic E-state index is 12.3. The Morgan fingerprint density at radius 1 is 1.17 bits per heavy atom. The summed E-state index contributed by atoms with van der Waals surface area (Å²) < 4.78 is 0. The van der Waals surface area contributed by atoms with Crippen molar-refractivity contribution >= 4 is 11.8 Å². The molecule has 0 aromatic heterocycles. The maximum absolute atomic E-state index is 12.3. The summed E-state index contributed by atoms with van der Waals surface area (Å²) in [6, 6.07) is 7.24. The van der Waals surface area contributed by atoms with Crippen LogP contribution in [0.25, 0.3) is 0 Å². The third-order valence-electron chi connectivity index (χ3n) is 4.81. The zero-order valence-electron chi connectivity index (χ0n) is 13.3. The number of benzene rings is 1. The molecular formula is C18H24N2O3. The minimum Gasteiger partial charge on any atom is -0.391 e. The SMILES string of the molecule is O=C(NC1CCCCC1O)c1ccc(CN2CCCC2=O)cc1. The van der Waals surface area contributed by atoms with Gasteiger partial charge in [0, 0.05) is 25.1 Å². The van der Waals surface area contributed by atoms with Crippen LogP contribution in [0.3, 0.4) is 0 Å². The van der Waals surface area contributed by atoms with Crippen LogP contribution in [-0.2, 0) is 11.3 Å². The number of nitrogens with zero attached hydrogens (tertiary/aromatic N) is 1. The molecule has 124 valence electrons. The number of hydrogen-bond acceptors (Lipinski definition) is 3. The van der Waals surface area contributed by atoms with E-state index >= 15 is 0 Å². The van der Waals surface area contributed by atoms with Crippen LogP contribution in [0.5, 0.6) is 0 Å². The summed E-state index contributed by atoms with van der Waals surface area (Å²) in [5.41, 5.74) is 1.63. The molecule has 1 saturated heterocycles. The van der Waals surface area contributed by atoms with Crippen LogP contribution in [-0.4, -0.2) is 40.5 Å². The van der Waals surface area contributed by atoms with Gasteiger partial charge in [-0.3, -0.25) is 9.59 Å². The number of likely N-dealkylation sites (tertiary alicyclic amines) is 1. The zero-order chi connectivity index (χ0) is 16.2. The van der Waals surface area contributed by atoms with Gasteiger partial charge in [-0.2, -0.15) is 0 Å². The Morgan fingerprint density at radius 2 is 1.91 bits per heavy atom. The lowest BCUT2D eigenvalue weighted by Crippen LogP contribution is -2.45. The van der Waals surface area contributed by atoms with E-state index in [2.05, 4.69) is 5.32 Å². The molecule has 5 heteroatoms. The Balaban J connectivity index is 1.57. The van der Waals surface area contributed by atoms with E-state index in [0.29, 0.717) is 18.5 Å². The van der Waals surface area contributed by atoms with Crippen LogP contribution in [0.15, 0.2) is 24.3 Å². The molecule has 1 aromatic carbocycles. The predicted octanol–water partition coefficient (Wildman–Crippen LogP) is 1.84. The molecule has 0 radical (unpaired) electrons. The van der Waals surface area contributed by atoms with Crippen molar-refractivity contribution in [1.29, 1.82) is 0 Å². The predicted molar refractivity (Wildman–Crippen MR) is 86.8 cm³/mol. The molecule has 1 aromatic rings. The first kappa shape index (κ1) is 16.0. The molecule has 1 heterocycles. The standard InChI is InChI=1S/C18H24N2O3/c21-16-5-2-1-4-15(16)19-18(23)14-9-7-13(8-10-14)12-20-11-3-6-17(20)22/h7-10,15-16,21H,1-6,11-12H2,(H,19,23). The highest BCUT2D eigenvalue weighted by Gasteiger charge is 2.25. The van der Waals surface area contributed by atoms with Crippen molar-refractivity contribution in [2.24, 2.45) is 0 Å². The molecule has 23 heavy (non-hydrogen) atoms. The summed E-state index contributed by atoms with van der Waals surface area (Å²) >= 11 is 0. The summed E-state index contributed by atoms with van der Waals surface area (Å²) in [5, 5.41) is 12.9. The number of hydrogen-bond donors (Lipinski definition) is 2. The summed E-state index contributed by atoms with van der Waals surface area (Å²) in [6.45, 7) is 1.43. The van der Waals surface area contributed by atoms with Crippen molar-refractivity contribution in [3.8, 4) is 0 Å². The Hall–Kier alpha value is -1.88. The number of rotatable bonds is 4. The molecule has 1 aliphatic carbocycles. The van der Waals surface area contributed by atoms with E-state index in [1.807, 2.05) is 17.0 Å². The third-order valence-corrected chi connectivity index (χ3v) is 4.81. The van der Waals surface area contributed by atoms with Gasteiger partial charge in [-0.25, -0.2) is 0 Å². The third kappa shape index (κ3) is 3.91. The van der Waals surface area contributed by atoms with Crippen LogP contribution in [0.2, 0.25) is 0 Å². The number of aliphatic hydroxyl groups is 1. The molecule has 5 nitrogen and oxygen atoms in total. The van der Waals surface area contributed by atoms with Gasteiger partial charge in [0.1, 0.15) is 0 Å². The van der Waals surface area contributed by atoms with Crippen LogP contribution >= 0.6 is 0 Å². The molecule has 2 fully saturated rings. The first-order valence-electron chi connectivity index (χ1n) is 8.49. The van der Waals surface area contributed by atoms with Crippen LogP contribution in [0, 0.1) is 0 Å². The second-order valence-corrected chi connectivity index (χ2v) is 6.55. The molecular weight excluding hydrogens is 292 g/mol. The zero-order valence-corrected chi connectivity index (χ0v) is 13.3. The second kappa shape index (κ2) is 7.13. The number of carbonyl (C=O) groups excluding carboxylic acids is 2. The Kier molecular flexibility index (Phi) is 4.96. The number of aliphatic hydroxyl groups excluding tert-OH is 1. The van der Waals surface area contributed by atoms with E-state index < -0.39 is 6.10 Å². The molecule has 2 N–H and O–H groups in total. The van der Waals surface area contributed by atoms with Crippen LogP contribution in [0.4, 0.5) is 0 Å². The minimum absolute atomic E-state index is 0.139. The van der Waals surface area contributed by atoms with E-state index in [1.54, 1.807) is 12.1 Å². The van der Waals surface area contributed by atoms with E-state index in [0.717, 1.165) is 44.2 Å². The van der Waals surface area contributed by atoms with Crippen molar-refractivity contribution in [2.45, 2.75) is 57.2 Å². The maximum Gasteiger partial charge on any atom is 0.251 e. The molecule has 2 atom stereocenters. The Labute approximate surface area is 136 Å². The van der Waals surface area contributed by atoms with Crippen molar-refractivity contribution in [2.75, 3.05) is 6.54 Å². The smallest absolute Gasteiger partial charge is 0.251 e. The normalized spacial score (nSPS) is 24.7. The molecule has 3 rings (SSSR count). The van der Waals surface area contributed by atoms with Gasteiger partial charge < -0.3 is 15.3 Å². The first-order valence-corrected chi connectivity index (χ1v) is 8.49. The monoisotopic (exact) mass is 316 g/mol. The summed E-state index contributed by atoms with van der Waals surface area (Å²) in [5.74, 6) is 0.0675. The molecule has 2 unspecified atom stereocenters. The largest absolute Gasteiger partial charge is 0.391 e. The van der Waals surface area contributed by atoms with E-state index in [-0.39, 0.29) is 17.9 Å². The summed E-state index contributed by atoms with van der Waals surface area (Å²) in [4.78, 5) is 25.8.